The topological polar surface area (TPSA) is 80.8 Å². The number of ether oxygens (including phenoxy) is 1. The van der Waals surface area contributed by atoms with Crippen LogP contribution in [-0.2, 0) is 24.1 Å². The van der Waals surface area contributed by atoms with Gasteiger partial charge in [-0.3, -0.25) is 14.4 Å². The first-order valence-electron chi connectivity index (χ1n) is 13.2. The van der Waals surface area contributed by atoms with Crippen LogP contribution in [0, 0.1) is 17.7 Å². The number of hydrogen-bond donors (Lipinski definition) is 0. The van der Waals surface area contributed by atoms with Crippen LogP contribution in [0.3, 0.4) is 0 Å². The molecule has 9 heteroatoms. The predicted molar refractivity (Wildman–Crippen MR) is 153 cm³/mol. The van der Waals surface area contributed by atoms with Gasteiger partial charge in [0.05, 0.1) is 23.1 Å². The Hall–Kier alpha value is -4.33. The molecule has 3 aliphatic carbocycles. The lowest BCUT2D eigenvalue weighted by atomic mass is 9.54. The van der Waals surface area contributed by atoms with Gasteiger partial charge in [-0.1, -0.05) is 54.6 Å². The van der Waals surface area contributed by atoms with Gasteiger partial charge in [-0.2, -0.15) is 0 Å². The molecule has 42 heavy (non-hydrogen) atoms. The molecule has 8 rings (SSSR count). The molecule has 0 spiro atoms. The quantitative estimate of drug-likeness (QED) is 0.122. The van der Waals surface area contributed by atoms with E-state index in [0.29, 0.717) is 22.3 Å². The van der Waals surface area contributed by atoms with Crippen molar-refractivity contribution < 1.29 is 28.3 Å². The Morgan fingerprint density at radius 2 is 1.21 bits per heavy atom. The molecule has 0 saturated carbocycles. The van der Waals surface area contributed by atoms with Crippen molar-refractivity contribution in [3.8, 4) is 0 Å². The molecule has 1 saturated heterocycles. The highest BCUT2D eigenvalue weighted by Gasteiger charge is 2.73. The number of anilines is 1. The van der Waals surface area contributed by atoms with Crippen molar-refractivity contribution in [2.45, 2.75) is 9.75 Å². The molecule has 0 radical (unpaired) electrons. The molecule has 1 heterocycles. The summed E-state index contributed by atoms with van der Waals surface area (Å²) in [6.07, 6.45) is 0. The Bertz CT molecular complexity index is 1720. The largest absolute Gasteiger partial charge is 0.454 e. The summed E-state index contributed by atoms with van der Waals surface area (Å²) in [6, 6.07) is 25.4. The van der Waals surface area contributed by atoms with Crippen molar-refractivity contribution >= 4 is 52.5 Å². The third kappa shape index (κ3) is 3.50. The molecule has 2 amide bonds. The van der Waals surface area contributed by atoms with E-state index >= 15 is 0 Å². The van der Waals surface area contributed by atoms with Crippen molar-refractivity contribution in [3.63, 3.8) is 0 Å². The van der Waals surface area contributed by atoms with E-state index in [9.17, 15) is 23.6 Å². The Kier molecular flexibility index (Phi) is 5.91. The Labute approximate surface area is 249 Å². The lowest BCUT2D eigenvalue weighted by Crippen LogP contribution is -2.57. The summed E-state index contributed by atoms with van der Waals surface area (Å²) >= 11 is 14.9. The van der Waals surface area contributed by atoms with Crippen molar-refractivity contribution in [1.82, 2.24) is 0 Å². The number of esters is 1. The number of carbonyl (C=O) groups is 4. The number of amides is 2. The summed E-state index contributed by atoms with van der Waals surface area (Å²) in [5.74, 6) is -4.85. The molecule has 208 valence electrons. The van der Waals surface area contributed by atoms with Gasteiger partial charge in [0.25, 0.3) is 0 Å². The predicted octanol–water partition coefficient (Wildman–Crippen LogP) is 5.96. The van der Waals surface area contributed by atoms with Crippen LogP contribution in [0.1, 0.15) is 43.0 Å². The molecule has 4 aliphatic rings. The number of benzene rings is 4. The first-order valence-corrected chi connectivity index (χ1v) is 13.9. The maximum absolute atomic E-state index is 14.2. The number of halogens is 3. The number of Topliss-reactive ketones (excluding diaryl/α,β-unsaturated/α-hetero) is 1. The number of hydrogen-bond acceptors (Lipinski definition) is 5. The third-order valence-electron chi connectivity index (χ3n) is 8.43. The zero-order valence-electron chi connectivity index (χ0n) is 21.7. The summed E-state index contributed by atoms with van der Waals surface area (Å²) in [4.78, 5) is 52.0. The van der Waals surface area contributed by atoms with E-state index in [1.165, 1.54) is 36.4 Å². The lowest BCUT2D eigenvalue weighted by molar-refractivity contribution is -0.122. The van der Waals surface area contributed by atoms with Gasteiger partial charge < -0.3 is 4.74 Å². The van der Waals surface area contributed by atoms with E-state index in [-0.39, 0.29) is 16.8 Å². The number of ketones is 1. The molecule has 0 aromatic heterocycles. The second-order valence-corrected chi connectivity index (χ2v) is 11.7. The summed E-state index contributed by atoms with van der Waals surface area (Å²) < 4.78 is 18.4. The van der Waals surface area contributed by atoms with Crippen molar-refractivity contribution in [3.05, 3.63) is 136 Å². The minimum Gasteiger partial charge on any atom is -0.454 e. The minimum atomic E-state index is -1.33. The zero-order valence-corrected chi connectivity index (χ0v) is 23.2. The molecule has 6 nitrogen and oxygen atoms in total. The molecule has 2 bridgehead atoms. The lowest BCUT2D eigenvalue weighted by Gasteiger charge is -2.54. The monoisotopic (exact) mass is 599 g/mol. The molecule has 1 fully saturated rings. The van der Waals surface area contributed by atoms with Crippen molar-refractivity contribution in [1.29, 1.82) is 0 Å². The first-order chi connectivity index (χ1) is 20.2. The van der Waals surface area contributed by atoms with Crippen LogP contribution in [0.4, 0.5) is 10.1 Å². The molecule has 4 aromatic rings. The van der Waals surface area contributed by atoms with Crippen LogP contribution in [0.2, 0.25) is 0 Å². The number of imide groups is 1. The van der Waals surface area contributed by atoms with Crippen molar-refractivity contribution in [2.24, 2.45) is 11.8 Å². The maximum atomic E-state index is 14.2. The second-order valence-electron chi connectivity index (χ2n) is 10.5. The summed E-state index contributed by atoms with van der Waals surface area (Å²) in [7, 11) is 0. The van der Waals surface area contributed by atoms with E-state index in [1.54, 1.807) is 0 Å². The molecule has 4 aromatic carbocycles. The minimum absolute atomic E-state index is 0.0330. The van der Waals surface area contributed by atoms with Gasteiger partial charge in [0.1, 0.15) is 15.6 Å². The van der Waals surface area contributed by atoms with Gasteiger partial charge in [-0.05, 0) is 64.7 Å². The van der Waals surface area contributed by atoms with Gasteiger partial charge in [0.2, 0.25) is 11.8 Å². The number of nitrogens with zero attached hydrogens (tertiary/aromatic N) is 1. The zero-order chi connectivity index (χ0) is 29.4. The van der Waals surface area contributed by atoms with E-state index < -0.39 is 57.6 Å². The first kappa shape index (κ1) is 26.6. The van der Waals surface area contributed by atoms with E-state index in [1.807, 2.05) is 48.5 Å². The Morgan fingerprint density at radius 3 is 1.71 bits per heavy atom. The molecule has 2 atom stereocenters. The Balaban J connectivity index is 1.22. The molecule has 1 aliphatic heterocycles. The fourth-order valence-corrected chi connectivity index (χ4v) is 7.72. The highest BCUT2D eigenvalue weighted by molar-refractivity contribution is 6.38. The van der Waals surface area contributed by atoms with Crippen LogP contribution in [0.15, 0.2) is 97.1 Å². The smallest absolute Gasteiger partial charge is 0.338 e. The van der Waals surface area contributed by atoms with Gasteiger partial charge in [0, 0.05) is 5.56 Å². The number of rotatable bonds is 5. The molecular weight excluding hydrogens is 580 g/mol. The summed E-state index contributed by atoms with van der Waals surface area (Å²) in [6.45, 7) is -0.569. The Morgan fingerprint density at radius 1 is 0.714 bits per heavy atom. The average Bonchev–Trinajstić information content (AvgIpc) is 3.29. The van der Waals surface area contributed by atoms with Crippen LogP contribution in [0.5, 0.6) is 0 Å². The summed E-state index contributed by atoms with van der Waals surface area (Å²) in [5, 5.41) is 0. The molecule has 0 N–H and O–H groups in total. The standard InChI is InChI=1S/C33H20Cl2FNO5/c34-32-22-8-1-2-9-23(22)33(35,25-11-4-3-10-24(25)32)28-27(32)29(39)37(30(28)40)21-7-5-6-19(16-21)31(41)42-17-26(38)18-12-14-20(36)15-13-18/h1-16,27-28H,17H2/t27-,28-,32?,33?/m0/s1. The third-order valence-corrected chi connectivity index (χ3v) is 9.71. The molecular formula is C33H20Cl2FNO5. The van der Waals surface area contributed by atoms with E-state index in [0.717, 1.165) is 17.0 Å². The van der Waals surface area contributed by atoms with Gasteiger partial charge in [-0.15, -0.1) is 23.2 Å². The fourth-order valence-electron chi connectivity index (χ4n) is 6.63. The van der Waals surface area contributed by atoms with Crippen LogP contribution >= 0.6 is 23.2 Å². The van der Waals surface area contributed by atoms with Crippen LogP contribution in [0.25, 0.3) is 0 Å². The molecule has 0 unspecified atom stereocenters. The van der Waals surface area contributed by atoms with E-state index in [2.05, 4.69) is 0 Å². The highest BCUT2D eigenvalue weighted by atomic mass is 35.5. The average molecular weight is 600 g/mol. The van der Waals surface area contributed by atoms with Gasteiger partial charge in [-0.25, -0.2) is 14.1 Å². The van der Waals surface area contributed by atoms with Crippen LogP contribution < -0.4 is 4.90 Å². The van der Waals surface area contributed by atoms with E-state index in [4.69, 9.17) is 27.9 Å². The SMILES string of the molecule is O=C(COC(=O)c1cccc(N2C(=O)[C@@H]3[C@@H](C2=O)C2(Cl)c4ccccc4C3(Cl)c3ccccc32)c1)c1ccc(F)cc1. The maximum Gasteiger partial charge on any atom is 0.338 e. The van der Waals surface area contributed by atoms with Gasteiger partial charge >= 0.3 is 5.97 Å². The summed E-state index contributed by atoms with van der Waals surface area (Å²) in [5.41, 5.74) is 3.13. The number of carbonyl (C=O) groups excluding carboxylic acids is 4. The van der Waals surface area contributed by atoms with Crippen molar-refractivity contribution in [2.75, 3.05) is 11.5 Å². The van der Waals surface area contributed by atoms with Crippen LogP contribution in [-0.4, -0.2) is 30.2 Å². The van der Waals surface area contributed by atoms with Gasteiger partial charge in [0.15, 0.2) is 12.4 Å². The number of alkyl halides is 2. The fraction of sp³-hybridized carbons (Fsp3) is 0.152. The second kappa shape index (κ2) is 9.34. The highest BCUT2D eigenvalue weighted by Crippen LogP contribution is 2.69. The normalized spacial score (nSPS) is 25.1.